The summed E-state index contributed by atoms with van der Waals surface area (Å²) in [5, 5.41) is 1.18. The Morgan fingerprint density at radius 3 is 2.72 bits per heavy atom. The zero-order valence-corrected chi connectivity index (χ0v) is 10.8. The molecule has 0 amide bonds. The third kappa shape index (κ3) is 1.79. The molecule has 0 saturated heterocycles. The first-order chi connectivity index (χ1) is 8.73. The zero-order valence-electron chi connectivity index (χ0n) is 10.8. The SMILES string of the molecule is COc1cccc2cc(C3(N)CCCCC3)[nH]c12. The van der Waals surface area contributed by atoms with Crippen LogP contribution in [0.15, 0.2) is 24.3 Å². The Balaban J connectivity index is 2.07. The van der Waals surface area contributed by atoms with E-state index in [-0.39, 0.29) is 5.54 Å². The molecule has 1 aromatic heterocycles. The predicted molar refractivity (Wildman–Crippen MR) is 73.8 cm³/mol. The molecule has 3 heteroatoms. The van der Waals surface area contributed by atoms with Gasteiger partial charge in [-0.1, -0.05) is 31.4 Å². The van der Waals surface area contributed by atoms with E-state index < -0.39 is 0 Å². The Bertz CT molecular complexity index is 553. The van der Waals surface area contributed by atoms with E-state index in [1.54, 1.807) is 7.11 Å². The monoisotopic (exact) mass is 244 g/mol. The molecular formula is C15H20N2O. The maximum Gasteiger partial charge on any atom is 0.142 e. The van der Waals surface area contributed by atoms with Gasteiger partial charge in [0.25, 0.3) is 0 Å². The minimum Gasteiger partial charge on any atom is -0.495 e. The number of aromatic amines is 1. The quantitative estimate of drug-likeness (QED) is 0.851. The summed E-state index contributed by atoms with van der Waals surface area (Å²) in [5.74, 6) is 0.887. The first-order valence-electron chi connectivity index (χ1n) is 6.68. The maximum absolute atomic E-state index is 6.56. The lowest BCUT2D eigenvalue weighted by atomic mass is 9.80. The fraction of sp³-hybridized carbons (Fsp3) is 0.467. The minimum atomic E-state index is -0.178. The number of para-hydroxylation sites is 1. The van der Waals surface area contributed by atoms with E-state index in [2.05, 4.69) is 17.1 Å². The molecule has 0 unspecified atom stereocenters. The molecular weight excluding hydrogens is 224 g/mol. The van der Waals surface area contributed by atoms with Gasteiger partial charge in [0, 0.05) is 11.1 Å². The van der Waals surface area contributed by atoms with Crippen LogP contribution in [0, 0.1) is 0 Å². The molecule has 1 aliphatic carbocycles. The summed E-state index contributed by atoms with van der Waals surface area (Å²) in [6.45, 7) is 0. The number of aromatic nitrogens is 1. The molecule has 0 radical (unpaired) electrons. The van der Waals surface area contributed by atoms with Gasteiger partial charge in [-0.05, 0) is 25.0 Å². The molecule has 1 saturated carbocycles. The average Bonchev–Trinajstić information content (AvgIpc) is 2.84. The number of H-pyrrole nitrogens is 1. The highest BCUT2D eigenvalue weighted by Crippen LogP contribution is 2.37. The summed E-state index contributed by atoms with van der Waals surface area (Å²) >= 11 is 0. The molecule has 18 heavy (non-hydrogen) atoms. The van der Waals surface area contributed by atoms with E-state index >= 15 is 0 Å². The maximum atomic E-state index is 6.56. The van der Waals surface area contributed by atoms with Gasteiger partial charge in [0.1, 0.15) is 5.75 Å². The van der Waals surface area contributed by atoms with Gasteiger partial charge < -0.3 is 15.5 Å². The van der Waals surface area contributed by atoms with Crippen LogP contribution < -0.4 is 10.5 Å². The zero-order chi connectivity index (χ0) is 12.6. The third-order valence-corrected chi connectivity index (χ3v) is 4.12. The van der Waals surface area contributed by atoms with E-state index in [4.69, 9.17) is 10.5 Å². The van der Waals surface area contributed by atoms with Gasteiger partial charge >= 0.3 is 0 Å². The van der Waals surface area contributed by atoms with Crippen LogP contribution in [-0.4, -0.2) is 12.1 Å². The van der Waals surface area contributed by atoms with E-state index in [1.165, 1.54) is 24.6 Å². The molecule has 1 aliphatic rings. The normalized spacial score (nSPS) is 19.0. The second-order valence-corrected chi connectivity index (χ2v) is 5.32. The molecule has 2 aromatic rings. The van der Waals surface area contributed by atoms with Crippen molar-refractivity contribution in [1.29, 1.82) is 0 Å². The van der Waals surface area contributed by atoms with Gasteiger partial charge in [0.2, 0.25) is 0 Å². The predicted octanol–water partition coefficient (Wildman–Crippen LogP) is 3.29. The fourth-order valence-corrected chi connectivity index (χ4v) is 3.02. The van der Waals surface area contributed by atoms with Gasteiger partial charge in [-0.25, -0.2) is 0 Å². The highest BCUT2D eigenvalue weighted by Gasteiger charge is 2.31. The molecule has 3 rings (SSSR count). The summed E-state index contributed by atoms with van der Waals surface area (Å²) in [4.78, 5) is 3.48. The number of nitrogens with one attached hydrogen (secondary N) is 1. The van der Waals surface area contributed by atoms with Crippen molar-refractivity contribution >= 4 is 10.9 Å². The summed E-state index contributed by atoms with van der Waals surface area (Å²) in [6.07, 6.45) is 5.90. The fourth-order valence-electron chi connectivity index (χ4n) is 3.02. The first-order valence-corrected chi connectivity index (χ1v) is 6.68. The van der Waals surface area contributed by atoms with Crippen LogP contribution in [0.1, 0.15) is 37.8 Å². The highest BCUT2D eigenvalue weighted by atomic mass is 16.5. The Hall–Kier alpha value is -1.48. The van der Waals surface area contributed by atoms with Gasteiger partial charge in [-0.2, -0.15) is 0 Å². The lowest BCUT2D eigenvalue weighted by Crippen LogP contribution is -2.38. The molecule has 3 N–H and O–H groups in total. The summed E-state index contributed by atoms with van der Waals surface area (Å²) in [6, 6.07) is 8.28. The standard InChI is InChI=1S/C15H20N2O/c1-18-12-7-5-6-11-10-13(17-14(11)12)15(16)8-3-2-4-9-15/h5-7,10,17H,2-4,8-9,16H2,1H3. The van der Waals surface area contributed by atoms with E-state index in [1.807, 2.05) is 12.1 Å². The molecule has 1 aromatic carbocycles. The van der Waals surface area contributed by atoms with E-state index in [0.29, 0.717) is 0 Å². The van der Waals surface area contributed by atoms with Crippen molar-refractivity contribution < 1.29 is 4.74 Å². The lowest BCUT2D eigenvalue weighted by molar-refractivity contribution is 0.296. The van der Waals surface area contributed by atoms with Gasteiger partial charge in [0.05, 0.1) is 18.2 Å². The molecule has 96 valence electrons. The summed E-state index contributed by atoms with van der Waals surface area (Å²) < 4.78 is 5.39. The summed E-state index contributed by atoms with van der Waals surface area (Å²) in [5.41, 5.74) is 8.60. The Morgan fingerprint density at radius 1 is 1.22 bits per heavy atom. The Labute approximate surface area is 107 Å². The van der Waals surface area contributed by atoms with Crippen LogP contribution >= 0.6 is 0 Å². The molecule has 0 bridgehead atoms. The number of fused-ring (bicyclic) bond motifs is 1. The van der Waals surface area contributed by atoms with Crippen molar-refractivity contribution in [1.82, 2.24) is 4.98 Å². The van der Waals surface area contributed by atoms with Crippen molar-refractivity contribution in [2.75, 3.05) is 7.11 Å². The van der Waals surface area contributed by atoms with Crippen molar-refractivity contribution in [2.24, 2.45) is 5.73 Å². The van der Waals surface area contributed by atoms with Crippen molar-refractivity contribution in [3.63, 3.8) is 0 Å². The molecule has 3 nitrogen and oxygen atoms in total. The highest BCUT2D eigenvalue weighted by molar-refractivity contribution is 5.86. The van der Waals surface area contributed by atoms with Gasteiger partial charge in [0.15, 0.2) is 0 Å². The Kier molecular flexibility index (Phi) is 2.78. The van der Waals surface area contributed by atoms with Gasteiger partial charge in [-0.3, -0.25) is 0 Å². The van der Waals surface area contributed by atoms with Crippen LogP contribution in [0.4, 0.5) is 0 Å². The minimum absolute atomic E-state index is 0.178. The topological polar surface area (TPSA) is 51.0 Å². The van der Waals surface area contributed by atoms with Crippen molar-refractivity contribution in [2.45, 2.75) is 37.6 Å². The largest absolute Gasteiger partial charge is 0.495 e. The Morgan fingerprint density at radius 2 is 2.00 bits per heavy atom. The third-order valence-electron chi connectivity index (χ3n) is 4.12. The van der Waals surface area contributed by atoms with Crippen LogP contribution in [0.5, 0.6) is 5.75 Å². The van der Waals surface area contributed by atoms with Gasteiger partial charge in [-0.15, -0.1) is 0 Å². The molecule has 0 atom stereocenters. The van der Waals surface area contributed by atoms with Crippen LogP contribution in [0.2, 0.25) is 0 Å². The van der Waals surface area contributed by atoms with E-state index in [0.717, 1.165) is 29.8 Å². The number of nitrogens with two attached hydrogens (primary N) is 1. The number of hydrogen-bond acceptors (Lipinski definition) is 2. The number of methoxy groups -OCH3 is 1. The first kappa shape index (κ1) is 11.6. The molecule has 0 aliphatic heterocycles. The second kappa shape index (κ2) is 4.32. The van der Waals surface area contributed by atoms with Crippen LogP contribution in [0.25, 0.3) is 10.9 Å². The van der Waals surface area contributed by atoms with E-state index in [9.17, 15) is 0 Å². The smallest absolute Gasteiger partial charge is 0.142 e. The number of hydrogen-bond donors (Lipinski definition) is 2. The number of ether oxygens (including phenoxy) is 1. The van der Waals surface area contributed by atoms with Crippen LogP contribution in [0.3, 0.4) is 0 Å². The average molecular weight is 244 g/mol. The second-order valence-electron chi connectivity index (χ2n) is 5.32. The van der Waals surface area contributed by atoms with Crippen LogP contribution in [-0.2, 0) is 5.54 Å². The number of rotatable bonds is 2. The lowest BCUT2D eigenvalue weighted by Gasteiger charge is -2.32. The molecule has 0 spiro atoms. The molecule has 1 heterocycles. The van der Waals surface area contributed by atoms with Crippen molar-refractivity contribution in [3.8, 4) is 5.75 Å². The molecule has 1 fully saturated rings. The number of benzene rings is 1. The van der Waals surface area contributed by atoms with Crippen molar-refractivity contribution in [3.05, 3.63) is 30.0 Å². The summed E-state index contributed by atoms with van der Waals surface area (Å²) in [7, 11) is 1.70.